The van der Waals surface area contributed by atoms with Crippen LogP contribution in [0.15, 0.2) is 76.7 Å². The van der Waals surface area contributed by atoms with Crippen LogP contribution in [-0.4, -0.2) is 27.1 Å². The summed E-state index contributed by atoms with van der Waals surface area (Å²) in [6.45, 7) is 1.82. The van der Waals surface area contributed by atoms with Crippen molar-refractivity contribution in [3.8, 4) is 5.69 Å². The second kappa shape index (κ2) is 9.48. The number of halogens is 1. The molecule has 4 rings (SSSR count). The zero-order chi connectivity index (χ0) is 23.5. The third kappa shape index (κ3) is 4.62. The zero-order valence-corrected chi connectivity index (χ0v) is 19.1. The smallest absolute Gasteiger partial charge is 0.266 e. The molecule has 0 spiro atoms. The number of hydrogen-bond acceptors (Lipinski definition) is 5. The van der Waals surface area contributed by atoms with Gasteiger partial charge in [-0.3, -0.25) is 19.0 Å². The van der Waals surface area contributed by atoms with Crippen molar-refractivity contribution in [1.29, 1.82) is 0 Å². The minimum absolute atomic E-state index is 0.0442. The van der Waals surface area contributed by atoms with E-state index in [0.717, 1.165) is 17.3 Å². The predicted molar refractivity (Wildman–Crippen MR) is 131 cm³/mol. The molecular formula is C24H19ClN4O3S. The third-order valence-electron chi connectivity index (χ3n) is 5.02. The van der Waals surface area contributed by atoms with E-state index >= 15 is 0 Å². The van der Waals surface area contributed by atoms with E-state index in [2.05, 4.69) is 10.3 Å². The van der Waals surface area contributed by atoms with Crippen LogP contribution in [0.2, 0.25) is 5.02 Å². The standard InChI is InChI=1S/C24H19ClN4O3S/c1-14-17(25)9-6-12-20(14)29-23(32)16-8-3-5-11-19(16)28-24(29)33-13-21(30)27-18-10-4-2-7-15(18)22(26)31/h2-12H,13H2,1H3,(H2,26,31)(H,27,30). The van der Waals surface area contributed by atoms with Crippen LogP contribution in [0.4, 0.5) is 5.69 Å². The maximum Gasteiger partial charge on any atom is 0.266 e. The van der Waals surface area contributed by atoms with Gasteiger partial charge in [-0.25, -0.2) is 4.98 Å². The molecule has 0 saturated carbocycles. The number of carbonyl (C=O) groups excluding carboxylic acids is 2. The monoisotopic (exact) mass is 478 g/mol. The summed E-state index contributed by atoms with van der Waals surface area (Å²) in [6, 6.07) is 18.8. The van der Waals surface area contributed by atoms with Gasteiger partial charge in [0.1, 0.15) is 0 Å². The molecule has 0 fully saturated rings. The first-order chi connectivity index (χ1) is 15.9. The van der Waals surface area contributed by atoms with E-state index in [1.807, 2.05) is 6.92 Å². The van der Waals surface area contributed by atoms with Crippen LogP contribution in [0.25, 0.3) is 16.6 Å². The lowest BCUT2D eigenvalue weighted by atomic mass is 10.1. The van der Waals surface area contributed by atoms with E-state index in [1.54, 1.807) is 60.7 Å². The van der Waals surface area contributed by atoms with Crippen LogP contribution in [0, 0.1) is 6.92 Å². The summed E-state index contributed by atoms with van der Waals surface area (Å²) in [5.41, 5.74) is 7.50. The van der Waals surface area contributed by atoms with E-state index in [4.69, 9.17) is 17.3 Å². The number of nitrogens with one attached hydrogen (secondary N) is 1. The number of nitrogens with zero attached hydrogens (tertiary/aromatic N) is 2. The quantitative estimate of drug-likeness (QED) is 0.319. The van der Waals surface area contributed by atoms with Gasteiger partial charge >= 0.3 is 0 Å². The molecule has 0 aliphatic carbocycles. The molecule has 166 valence electrons. The van der Waals surface area contributed by atoms with E-state index in [1.165, 1.54) is 10.6 Å². The molecule has 0 radical (unpaired) electrons. The Morgan fingerprint density at radius 2 is 1.79 bits per heavy atom. The molecule has 3 N–H and O–H groups in total. The molecule has 0 aliphatic heterocycles. The lowest BCUT2D eigenvalue weighted by Gasteiger charge is -2.16. The largest absolute Gasteiger partial charge is 0.366 e. The Morgan fingerprint density at radius 3 is 2.58 bits per heavy atom. The van der Waals surface area contributed by atoms with Gasteiger partial charge < -0.3 is 11.1 Å². The molecular weight excluding hydrogens is 460 g/mol. The minimum atomic E-state index is -0.639. The molecule has 3 aromatic carbocycles. The highest BCUT2D eigenvalue weighted by molar-refractivity contribution is 7.99. The van der Waals surface area contributed by atoms with Gasteiger partial charge in [0, 0.05) is 5.02 Å². The predicted octanol–water partition coefficient (Wildman–Crippen LogP) is 4.18. The number of para-hydroxylation sites is 2. The Bertz CT molecular complexity index is 1450. The van der Waals surface area contributed by atoms with Crippen LogP contribution in [-0.2, 0) is 4.79 Å². The van der Waals surface area contributed by atoms with Crippen molar-refractivity contribution < 1.29 is 9.59 Å². The van der Waals surface area contributed by atoms with E-state index in [0.29, 0.717) is 32.5 Å². The molecule has 1 aromatic heterocycles. The SMILES string of the molecule is Cc1c(Cl)cccc1-n1c(SCC(=O)Nc2ccccc2C(N)=O)nc2ccccc2c1=O. The number of thioether (sulfide) groups is 1. The first kappa shape index (κ1) is 22.6. The third-order valence-corrected chi connectivity index (χ3v) is 6.37. The zero-order valence-electron chi connectivity index (χ0n) is 17.5. The molecule has 0 saturated heterocycles. The highest BCUT2D eigenvalue weighted by Gasteiger charge is 2.17. The Balaban J connectivity index is 1.71. The first-order valence-corrected chi connectivity index (χ1v) is 11.3. The fraction of sp³-hybridized carbons (Fsp3) is 0.0833. The number of amides is 2. The number of fused-ring (bicyclic) bond motifs is 1. The van der Waals surface area contributed by atoms with Crippen molar-refractivity contribution >= 4 is 51.8 Å². The molecule has 1 heterocycles. The summed E-state index contributed by atoms with van der Waals surface area (Å²) in [4.78, 5) is 42.3. The molecule has 9 heteroatoms. The number of carbonyl (C=O) groups is 2. The summed E-state index contributed by atoms with van der Waals surface area (Å²) in [5, 5.41) is 4.02. The van der Waals surface area contributed by atoms with E-state index in [-0.39, 0.29) is 22.8 Å². The number of anilines is 1. The summed E-state index contributed by atoms with van der Waals surface area (Å²) < 4.78 is 1.47. The molecule has 0 unspecified atom stereocenters. The van der Waals surface area contributed by atoms with Gasteiger partial charge in [0.2, 0.25) is 5.91 Å². The van der Waals surface area contributed by atoms with Crippen LogP contribution in [0.1, 0.15) is 15.9 Å². The molecule has 0 aliphatic rings. The van der Waals surface area contributed by atoms with E-state index in [9.17, 15) is 14.4 Å². The number of primary amides is 1. The minimum Gasteiger partial charge on any atom is -0.366 e. The fourth-order valence-corrected chi connectivity index (χ4v) is 4.36. The second-order valence-electron chi connectivity index (χ2n) is 7.18. The molecule has 33 heavy (non-hydrogen) atoms. The van der Waals surface area contributed by atoms with Gasteiger partial charge in [0.05, 0.1) is 33.6 Å². The maximum atomic E-state index is 13.4. The topological polar surface area (TPSA) is 107 Å². The Morgan fingerprint density at radius 1 is 1.06 bits per heavy atom. The molecule has 0 bridgehead atoms. The highest BCUT2D eigenvalue weighted by atomic mass is 35.5. The number of aromatic nitrogens is 2. The highest BCUT2D eigenvalue weighted by Crippen LogP contribution is 2.27. The lowest BCUT2D eigenvalue weighted by molar-refractivity contribution is -0.113. The van der Waals surface area contributed by atoms with E-state index < -0.39 is 5.91 Å². The molecule has 0 atom stereocenters. The van der Waals surface area contributed by atoms with Gasteiger partial charge in [0.15, 0.2) is 5.16 Å². The van der Waals surface area contributed by atoms with Crippen LogP contribution >= 0.6 is 23.4 Å². The number of benzene rings is 3. The van der Waals surface area contributed by atoms with Crippen molar-refractivity contribution in [2.45, 2.75) is 12.1 Å². The number of rotatable bonds is 6. The second-order valence-corrected chi connectivity index (χ2v) is 8.53. The van der Waals surface area contributed by atoms with Gasteiger partial charge in [-0.05, 0) is 48.9 Å². The molecule has 4 aromatic rings. The van der Waals surface area contributed by atoms with Crippen LogP contribution in [0.5, 0.6) is 0 Å². The molecule has 2 amide bonds. The summed E-state index contributed by atoms with van der Waals surface area (Å²) in [5.74, 6) is -1.05. The Kier molecular flexibility index (Phi) is 6.48. The summed E-state index contributed by atoms with van der Waals surface area (Å²) in [7, 11) is 0. The van der Waals surface area contributed by atoms with Crippen LogP contribution < -0.4 is 16.6 Å². The van der Waals surface area contributed by atoms with Gasteiger partial charge in [-0.1, -0.05) is 53.7 Å². The Labute approximate surface area is 198 Å². The molecule has 7 nitrogen and oxygen atoms in total. The Hall–Kier alpha value is -3.62. The first-order valence-electron chi connectivity index (χ1n) is 9.95. The van der Waals surface area contributed by atoms with Gasteiger partial charge in [0.25, 0.3) is 11.5 Å². The van der Waals surface area contributed by atoms with Crippen molar-refractivity contribution in [3.05, 3.63) is 93.2 Å². The van der Waals surface area contributed by atoms with Gasteiger partial charge in [-0.2, -0.15) is 0 Å². The van der Waals surface area contributed by atoms with Crippen molar-refractivity contribution in [1.82, 2.24) is 9.55 Å². The number of nitrogens with two attached hydrogens (primary N) is 1. The summed E-state index contributed by atoms with van der Waals surface area (Å²) in [6.07, 6.45) is 0. The maximum absolute atomic E-state index is 13.4. The van der Waals surface area contributed by atoms with Crippen molar-refractivity contribution in [3.63, 3.8) is 0 Å². The van der Waals surface area contributed by atoms with Crippen molar-refractivity contribution in [2.75, 3.05) is 11.1 Å². The summed E-state index contributed by atoms with van der Waals surface area (Å²) >= 11 is 7.41. The number of hydrogen-bond donors (Lipinski definition) is 2. The van der Waals surface area contributed by atoms with Crippen LogP contribution in [0.3, 0.4) is 0 Å². The van der Waals surface area contributed by atoms with Crippen molar-refractivity contribution in [2.24, 2.45) is 5.73 Å². The lowest BCUT2D eigenvalue weighted by Crippen LogP contribution is -2.24. The normalized spacial score (nSPS) is 10.8. The average molecular weight is 479 g/mol. The van der Waals surface area contributed by atoms with Gasteiger partial charge in [-0.15, -0.1) is 0 Å². The average Bonchev–Trinajstić information content (AvgIpc) is 2.80. The fourth-order valence-electron chi connectivity index (χ4n) is 3.38.